The van der Waals surface area contributed by atoms with Crippen molar-refractivity contribution in [1.29, 1.82) is 0 Å². The first kappa shape index (κ1) is 18.3. The number of methoxy groups -OCH3 is 1. The normalized spacial score (nSPS) is 10.6. The van der Waals surface area contributed by atoms with Gasteiger partial charge in [-0.3, -0.25) is 9.59 Å². The number of nitrogens with zero attached hydrogens (tertiary/aromatic N) is 1. The molecule has 0 radical (unpaired) electrons. The number of rotatable bonds is 8. The minimum atomic E-state index is -0.431. The van der Waals surface area contributed by atoms with E-state index in [4.69, 9.17) is 10.5 Å². The topological polar surface area (TPSA) is 72.6 Å². The molecule has 2 amide bonds. The van der Waals surface area contributed by atoms with Gasteiger partial charge in [0, 0.05) is 31.1 Å². The Kier molecular flexibility index (Phi) is 6.77. The standard InChI is InChI=1S/C20H22N2O3/c1-25-18-10-6-5-9-17(18)11-12-20(24)22(14-13-19(21)23)15-16-7-3-2-4-8-16/h2-12H,13-15H2,1H3,(H2,21,23)/b12-11+. The Morgan fingerprint density at radius 3 is 2.44 bits per heavy atom. The average molecular weight is 338 g/mol. The first-order valence-electron chi connectivity index (χ1n) is 8.02. The molecule has 2 N–H and O–H groups in total. The molecule has 0 aliphatic heterocycles. The lowest BCUT2D eigenvalue weighted by Crippen LogP contribution is -2.32. The van der Waals surface area contributed by atoms with Crippen molar-refractivity contribution in [2.45, 2.75) is 13.0 Å². The van der Waals surface area contributed by atoms with Crippen LogP contribution in [0.1, 0.15) is 17.5 Å². The number of ether oxygens (including phenoxy) is 1. The Morgan fingerprint density at radius 2 is 1.76 bits per heavy atom. The summed E-state index contributed by atoms with van der Waals surface area (Å²) in [5, 5.41) is 0. The Labute approximate surface area is 147 Å². The van der Waals surface area contributed by atoms with Crippen molar-refractivity contribution in [2.75, 3.05) is 13.7 Å². The third-order valence-electron chi connectivity index (χ3n) is 3.70. The zero-order chi connectivity index (χ0) is 18.1. The summed E-state index contributed by atoms with van der Waals surface area (Å²) in [7, 11) is 1.59. The van der Waals surface area contributed by atoms with Crippen LogP contribution in [0.15, 0.2) is 60.7 Å². The molecule has 2 aromatic rings. The van der Waals surface area contributed by atoms with Gasteiger partial charge in [-0.05, 0) is 17.7 Å². The molecule has 0 spiro atoms. The van der Waals surface area contributed by atoms with Crippen LogP contribution in [0.4, 0.5) is 0 Å². The maximum atomic E-state index is 12.6. The van der Waals surface area contributed by atoms with Crippen molar-refractivity contribution in [3.63, 3.8) is 0 Å². The molecular formula is C20H22N2O3. The van der Waals surface area contributed by atoms with Crippen LogP contribution in [0, 0.1) is 0 Å². The molecule has 0 saturated heterocycles. The summed E-state index contributed by atoms with van der Waals surface area (Å²) in [5.74, 6) is 0.0777. The van der Waals surface area contributed by atoms with Gasteiger partial charge in [-0.15, -0.1) is 0 Å². The summed E-state index contributed by atoms with van der Waals surface area (Å²) >= 11 is 0. The minimum absolute atomic E-state index is 0.126. The quantitative estimate of drug-likeness (QED) is 0.752. The fourth-order valence-electron chi connectivity index (χ4n) is 2.39. The van der Waals surface area contributed by atoms with Gasteiger partial charge in [-0.25, -0.2) is 0 Å². The Balaban J connectivity index is 2.13. The molecular weight excluding hydrogens is 316 g/mol. The van der Waals surface area contributed by atoms with Crippen molar-refractivity contribution in [2.24, 2.45) is 5.73 Å². The van der Waals surface area contributed by atoms with Crippen LogP contribution in [0.3, 0.4) is 0 Å². The molecule has 25 heavy (non-hydrogen) atoms. The van der Waals surface area contributed by atoms with Crippen LogP contribution in [-0.2, 0) is 16.1 Å². The molecule has 0 atom stereocenters. The SMILES string of the molecule is COc1ccccc1/C=C/C(=O)N(CCC(N)=O)Cc1ccccc1. The first-order chi connectivity index (χ1) is 12.1. The summed E-state index contributed by atoms with van der Waals surface area (Å²) in [4.78, 5) is 25.3. The maximum Gasteiger partial charge on any atom is 0.246 e. The first-order valence-corrected chi connectivity index (χ1v) is 8.02. The summed E-state index contributed by atoms with van der Waals surface area (Å²) in [6.07, 6.45) is 3.33. The lowest BCUT2D eigenvalue weighted by molar-refractivity contribution is -0.127. The highest BCUT2D eigenvalue weighted by atomic mass is 16.5. The van der Waals surface area contributed by atoms with Crippen LogP contribution in [0.5, 0.6) is 5.75 Å². The number of para-hydroxylation sites is 1. The van der Waals surface area contributed by atoms with E-state index >= 15 is 0 Å². The maximum absolute atomic E-state index is 12.6. The molecule has 0 fully saturated rings. The largest absolute Gasteiger partial charge is 0.496 e. The molecule has 5 nitrogen and oxygen atoms in total. The molecule has 2 rings (SSSR count). The molecule has 0 heterocycles. The minimum Gasteiger partial charge on any atom is -0.496 e. The summed E-state index contributed by atoms with van der Waals surface area (Å²) in [5.41, 5.74) is 7.03. The summed E-state index contributed by atoms with van der Waals surface area (Å²) < 4.78 is 5.28. The van der Waals surface area contributed by atoms with Gasteiger partial charge in [0.1, 0.15) is 5.75 Å². The zero-order valence-electron chi connectivity index (χ0n) is 14.2. The smallest absolute Gasteiger partial charge is 0.246 e. The third kappa shape index (κ3) is 5.80. The predicted molar refractivity (Wildman–Crippen MR) is 97.7 cm³/mol. The number of benzene rings is 2. The molecule has 0 saturated carbocycles. The van der Waals surface area contributed by atoms with Gasteiger partial charge >= 0.3 is 0 Å². The van der Waals surface area contributed by atoms with E-state index in [9.17, 15) is 9.59 Å². The lowest BCUT2D eigenvalue weighted by atomic mass is 10.1. The Morgan fingerprint density at radius 1 is 1.08 bits per heavy atom. The van der Waals surface area contributed by atoms with E-state index in [0.29, 0.717) is 12.3 Å². The molecule has 0 aliphatic rings. The van der Waals surface area contributed by atoms with Crippen molar-refractivity contribution in [1.82, 2.24) is 4.90 Å². The monoisotopic (exact) mass is 338 g/mol. The van der Waals surface area contributed by atoms with Crippen molar-refractivity contribution in [3.8, 4) is 5.75 Å². The van der Waals surface area contributed by atoms with Gasteiger partial charge < -0.3 is 15.4 Å². The Bertz CT molecular complexity index is 742. The van der Waals surface area contributed by atoms with E-state index in [1.807, 2.05) is 54.6 Å². The van der Waals surface area contributed by atoms with Gasteiger partial charge in [0.05, 0.1) is 7.11 Å². The molecule has 5 heteroatoms. The fourth-order valence-corrected chi connectivity index (χ4v) is 2.39. The fraction of sp³-hybridized carbons (Fsp3) is 0.200. The zero-order valence-corrected chi connectivity index (χ0v) is 14.2. The molecule has 130 valence electrons. The lowest BCUT2D eigenvalue weighted by Gasteiger charge is -2.21. The van der Waals surface area contributed by atoms with Gasteiger partial charge in [0.2, 0.25) is 11.8 Å². The van der Waals surface area contributed by atoms with Crippen LogP contribution in [-0.4, -0.2) is 30.4 Å². The second-order valence-electron chi connectivity index (χ2n) is 5.54. The van der Waals surface area contributed by atoms with E-state index in [2.05, 4.69) is 0 Å². The van der Waals surface area contributed by atoms with Crippen LogP contribution < -0.4 is 10.5 Å². The highest BCUT2D eigenvalue weighted by Crippen LogP contribution is 2.19. The van der Waals surface area contributed by atoms with Crippen LogP contribution >= 0.6 is 0 Å². The average Bonchev–Trinajstić information content (AvgIpc) is 2.64. The number of hydrogen-bond acceptors (Lipinski definition) is 3. The highest BCUT2D eigenvalue weighted by molar-refractivity contribution is 5.92. The van der Waals surface area contributed by atoms with Crippen LogP contribution in [0.25, 0.3) is 6.08 Å². The molecule has 0 aliphatic carbocycles. The number of carbonyl (C=O) groups excluding carboxylic acids is 2. The summed E-state index contributed by atoms with van der Waals surface area (Å²) in [6, 6.07) is 17.1. The molecule has 0 bridgehead atoms. The van der Waals surface area contributed by atoms with Gasteiger partial charge in [-0.1, -0.05) is 48.5 Å². The van der Waals surface area contributed by atoms with Gasteiger partial charge in [0.15, 0.2) is 0 Å². The third-order valence-corrected chi connectivity index (χ3v) is 3.70. The number of nitrogens with two attached hydrogens (primary N) is 1. The van der Waals surface area contributed by atoms with E-state index in [0.717, 1.165) is 11.1 Å². The van der Waals surface area contributed by atoms with Crippen molar-refractivity contribution in [3.05, 3.63) is 71.8 Å². The van der Waals surface area contributed by atoms with Crippen LogP contribution in [0.2, 0.25) is 0 Å². The highest BCUT2D eigenvalue weighted by Gasteiger charge is 2.12. The number of hydrogen-bond donors (Lipinski definition) is 1. The van der Waals surface area contributed by atoms with E-state index < -0.39 is 5.91 Å². The van der Waals surface area contributed by atoms with E-state index in [-0.39, 0.29) is 18.9 Å². The second kappa shape index (κ2) is 9.27. The summed E-state index contributed by atoms with van der Waals surface area (Å²) in [6.45, 7) is 0.697. The Hall–Kier alpha value is -3.08. The van der Waals surface area contributed by atoms with Gasteiger partial charge in [0.25, 0.3) is 0 Å². The van der Waals surface area contributed by atoms with Crippen molar-refractivity contribution >= 4 is 17.9 Å². The number of amides is 2. The second-order valence-corrected chi connectivity index (χ2v) is 5.54. The number of primary amides is 1. The number of carbonyl (C=O) groups is 2. The van der Waals surface area contributed by atoms with Gasteiger partial charge in [-0.2, -0.15) is 0 Å². The molecule has 0 unspecified atom stereocenters. The van der Waals surface area contributed by atoms with E-state index in [1.165, 1.54) is 6.08 Å². The molecule has 0 aromatic heterocycles. The predicted octanol–water partition coefficient (Wildman–Crippen LogP) is 2.61. The van der Waals surface area contributed by atoms with Crippen molar-refractivity contribution < 1.29 is 14.3 Å². The molecule has 2 aromatic carbocycles. The van der Waals surface area contributed by atoms with E-state index in [1.54, 1.807) is 18.1 Å².